The van der Waals surface area contributed by atoms with Gasteiger partial charge < -0.3 is 4.90 Å². The van der Waals surface area contributed by atoms with E-state index < -0.39 is 27.8 Å². The molecule has 0 N–H and O–H groups in total. The Morgan fingerprint density at radius 2 is 1.78 bits per heavy atom. The van der Waals surface area contributed by atoms with Crippen molar-refractivity contribution in [2.24, 2.45) is 0 Å². The Balaban J connectivity index is 1.53. The maximum atomic E-state index is 13.2. The number of sulfonamides is 1. The molecule has 10 heteroatoms. The molecule has 1 atom stereocenters. The third kappa shape index (κ3) is 4.07. The van der Waals surface area contributed by atoms with Crippen LogP contribution in [0, 0.1) is 0 Å². The lowest BCUT2D eigenvalue weighted by molar-refractivity contribution is -0.137. The number of nitrogens with zero attached hydrogens (tertiary/aromatic N) is 3. The van der Waals surface area contributed by atoms with Crippen molar-refractivity contribution >= 4 is 26.7 Å². The van der Waals surface area contributed by atoms with Crippen molar-refractivity contribution in [1.82, 2.24) is 14.2 Å². The van der Waals surface area contributed by atoms with Gasteiger partial charge in [-0.25, -0.2) is 8.42 Å². The van der Waals surface area contributed by atoms with Crippen LogP contribution in [0.4, 0.5) is 13.2 Å². The van der Waals surface area contributed by atoms with Gasteiger partial charge in [0.15, 0.2) is 0 Å². The molecule has 1 aliphatic rings. The van der Waals surface area contributed by atoms with E-state index in [4.69, 9.17) is 0 Å². The van der Waals surface area contributed by atoms with Crippen molar-refractivity contribution in [2.75, 3.05) is 19.6 Å². The molecule has 3 aromatic rings. The number of fused-ring (bicyclic) bond motifs is 1. The van der Waals surface area contributed by atoms with Crippen LogP contribution in [0.5, 0.6) is 0 Å². The normalized spacial score (nSPS) is 18.1. The number of pyridine rings is 1. The standard InChI is InChI=1S/C22H20F3N3O3S/c1-15-14-27(32(30,31)18-7-5-17(6-8-18)22(23,24)25)11-12-28(15)21(29)19-4-2-3-16-9-10-26-13-20(16)19/h2-10,13,15H,11-12,14H2,1H3/t15-/m0/s1. The number of aromatic nitrogens is 1. The summed E-state index contributed by atoms with van der Waals surface area (Å²) >= 11 is 0. The minimum Gasteiger partial charge on any atom is -0.333 e. The Morgan fingerprint density at radius 3 is 2.44 bits per heavy atom. The molecular formula is C22H20F3N3O3S. The highest BCUT2D eigenvalue weighted by Crippen LogP contribution is 2.31. The zero-order valence-electron chi connectivity index (χ0n) is 17.1. The molecule has 1 aromatic heterocycles. The number of carbonyl (C=O) groups is 1. The van der Waals surface area contributed by atoms with Crippen LogP contribution in [0.15, 0.2) is 65.8 Å². The highest BCUT2D eigenvalue weighted by atomic mass is 32.2. The lowest BCUT2D eigenvalue weighted by Crippen LogP contribution is -2.55. The first kappa shape index (κ1) is 22.2. The first-order chi connectivity index (χ1) is 15.1. The van der Waals surface area contributed by atoms with E-state index in [2.05, 4.69) is 4.98 Å². The van der Waals surface area contributed by atoms with Crippen LogP contribution in [-0.4, -0.2) is 54.2 Å². The van der Waals surface area contributed by atoms with E-state index in [1.807, 2.05) is 12.1 Å². The largest absolute Gasteiger partial charge is 0.416 e. The van der Waals surface area contributed by atoms with Crippen LogP contribution in [0.25, 0.3) is 10.8 Å². The van der Waals surface area contributed by atoms with Crippen LogP contribution < -0.4 is 0 Å². The molecule has 4 rings (SSSR count). The van der Waals surface area contributed by atoms with Crippen molar-refractivity contribution in [3.63, 3.8) is 0 Å². The van der Waals surface area contributed by atoms with Gasteiger partial charge in [0.05, 0.1) is 10.5 Å². The predicted octanol–water partition coefficient (Wildman–Crippen LogP) is 3.79. The summed E-state index contributed by atoms with van der Waals surface area (Å²) in [6, 6.07) is 10.2. The van der Waals surface area contributed by atoms with E-state index in [1.165, 1.54) is 4.31 Å². The number of benzene rings is 2. The molecule has 2 aromatic carbocycles. The molecule has 0 spiro atoms. The first-order valence-corrected chi connectivity index (χ1v) is 11.3. The fourth-order valence-corrected chi connectivity index (χ4v) is 5.38. The molecule has 168 valence electrons. The van der Waals surface area contributed by atoms with Gasteiger partial charge in [-0.1, -0.05) is 12.1 Å². The number of rotatable bonds is 3. The highest BCUT2D eigenvalue weighted by Gasteiger charge is 2.36. The Bertz CT molecular complexity index is 1260. The van der Waals surface area contributed by atoms with Gasteiger partial charge in [0.1, 0.15) is 0 Å². The van der Waals surface area contributed by atoms with Crippen LogP contribution in [0.2, 0.25) is 0 Å². The summed E-state index contributed by atoms with van der Waals surface area (Å²) in [7, 11) is -3.99. The summed E-state index contributed by atoms with van der Waals surface area (Å²) in [5, 5.41) is 1.59. The molecule has 0 unspecified atom stereocenters. The fourth-order valence-electron chi connectivity index (χ4n) is 3.86. The number of piperazine rings is 1. The Kier molecular flexibility index (Phi) is 5.68. The molecule has 1 fully saturated rings. The summed E-state index contributed by atoms with van der Waals surface area (Å²) in [5.74, 6) is -0.220. The van der Waals surface area contributed by atoms with Crippen molar-refractivity contribution in [3.8, 4) is 0 Å². The van der Waals surface area contributed by atoms with Crippen molar-refractivity contribution < 1.29 is 26.4 Å². The topological polar surface area (TPSA) is 70.6 Å². The van der Waals surface area contributed by atoms with Crippen molar-refractivity contribution in [2.45, 2.75) is 24.0 Å². The van der Waals surface area contributed by atoms with E-state index >= 15 is 0 Å². The zero-order valence-corrected chi connectivity index (χ0v) is 17.9. The third-order valence-corrected chi connectivity index (χ3v) is 7.46. The Labute approximate surface area is 183 Å². The number of hydrogen-bond acceptors (Lipinski definition) is 4. The predicted molar refractivity (Wildman–Crippen MR) is 112 cm³/mol. The molecule has 0 bridgehead atoms. The summed E-state index contributed by atoms with van der Waals surface area (Å²) in [4.78, 5) is 18.7. The molecule has 6 nitrogen and oxygen atoms in total. The summed E-state index contributed by atoms with van der Waals surface area (Å²) in [5.41, 5.74) is -0.425. The molecule has 1 saturated heterocycles. The lowest BCUT2D eigenvalue weighted by Gasteiger charge is -2.39. The second kappa shape index (κ2) is 8.18. The minimum absolute atomic E-state index is 0.0398. The van der Waals surface area contributed by atoms with Crippen LogP contribution in [0.3, 0.4) is 0 Å². The van der Waals surface area contributed by atoms with Crippen molar-refractivity contribution in [1.29, 1.82) is 0 Å². The molecule has 0 radical (unpaired) electrons. The fraction of sp³-hybridized carbons (Fsp3) is 0.273. The third-order valence-electron chi connectivity index (χ3n) is 5.58. The average molecular weight is 463 g/mol. The maximum absolute atomic E-state index is 13.2. The zero-order chi connectivity index (χ0) is 23.1. The molecular weight excluding hydrogens is 443 g/mol. The Morgan fingerprint density at radius 1 is 1.06 bits per heavy atom. The van der Waals surface area contributed by atoms with E-state index in [-0.39, 0.29) is 30.4 Å². The van der Waals surface area contributed by atoms with Gasteiger partial charge in [-0.3, -0.25) is 9.78 Å². The molecule has 32 heavy (non-hydrogen) atoms. The Hall–Kier alpha value is -2.98. The van der Waals surface area contributed by atoms with E-state index in [0.717, 1.165) is 29.7 Å². The number of carbonyl (C=O) groups excluding carboxylic acids is 1. The number of alkyl halides is 3. The molecule has 2 heterocycles. The van der Waals surface area contributed by atoms with Gasteiger partial charge >= 0.3 is 6.18 Å². The van der Waals surface area contributed by atoms with Crippen LogP contribution in [-0.2, 0) is 16.2 Å². The average Bonchev–Trinajstić information content (AvgIpc) is 2.77. The number of halogens is 3. The van der Waals surface area contributed by atoms with Crippen LogP contribution >= 0.6 is 0 Å². The first-order valence-electron chi connectivity index (χ1n) is 9.90. The van der Waals surface area contributed by atoms with Gasteiger partial charge in [0, 0.05) is 49.0 Å². The highest BCUT2D eigenvalue weighted by molar-refractivity contribution is 7.89. The molecule has 1 aliphatic heterocycles. The smallest absolute Gasteiger partial charge is 0.333 e. The molecule has 0 aliphatic carbocycles. The molecule has 1 amide bonds. The van der Waals surface area contributed by atoms with Gasteiger partial charge in [0.25, 0.3) is 5.91 Å². The monoisotopic (exact) mass is 463 g/mol. The molecule has 0 saturated carbocycles. The van der Waals surface area contributed by atoms with E-state index in [0.29, 0.717) is 10.9 Å². The van der Waals surface area contributed by atoms with Gasteiger partial charge in [0.2, 0.25) is 10.0 Å². The van der Waals surface area contributed by atoms with Gasteiger partial charge in [-0.2, -0.15) is 17.5 Å². The van der Waals surface area contributed by atoms with Gasteiger partial charge in [-0.15, -0.1) is 0 Å². The lowest BCUT2D eigenvalue weighted by atomic mass is 10.0. The second-order valence-corrected chi connectivity index (χ2v) is 9.57. The quantitative estimate of drug-likeness (QED) is 0.593. The second-order valence-electron chi connectivity index (χ2n) is 7.64. The van der Waals surface area contributed by atoms with E-state index in [1.54, 1.807) is 36.4 Å². The van der Waals surface area contributed by atoms with E-state index in [9.17, 15) is 26.4 Å². The van der Waals surface area contributed by atoms with Crippen LogP contribution in [0.1, 0.15) is 22.8 Å². The SMILES string of the molecule is C[C@H]1CN(S(=O)(=O)c2ccc(C(F)(F)F)cc2)CCN1C(=O)c1cccc2ccncc12. The summed E-state index contributed by atoms with van der Waals surface area (Å²) in [6.45, 7) is 1.99. The number of hydrogen-bond donors (Lipinski definition) is 0. The summed E-state index contributed by atoms with van der Waals surface area (Å²) < 4.78 is 65.4. The van der Waals surface area contributed by atoms with Crippen molar-refractivity contribution in [3.05, 3.63) is 72.1 Å². The maximum Gasteiger partial charge on any atom is 0.416 e. The summed E-state index contributed by atoms with van der Waals surface area (Å²) in [6.07, 6.45) is -1.28. The number of amides is 1. The minimum atomic E-state index is -4.54. The van der Waals surface area contributed by atoms with Gasteiger partial charge in [-0.05, 0) is 48.7 Å².